The average Bonchev–Trinajstić information content (AvgIpc) is 2.44. The highest BCUT2D eigenvalue weighted by atomic mass is 32.2. The van der Waals surface area contributed by atoms with E-state index in [1.54, 1.807) is 6.07 Å². The quantitative estimate of drug-likeness (QED) is 0.687. The Labute approximate surface area is 128 Å². The first kappa shape index (κ1) is 17.5. The van der Waals surface area contributed by atoms with Crippen LogP contribution in [0.25, 0.3) is 0 Å². The van der Waals surface area contributed by atoms with Gasteiger partial charge in [-0.1, -0.05) is 19.1 Å². The number of aryl methyl sites for hydroxylation is 1. The van der Waals surface area contributed by atoms with Gasteiger partial charge in [0.1, 0.15) is 5.82 Å². The number of aliphatic carboxylic acids is 1. The van der Waals surface area contributed by atoms with Crippen LogP contribution in [0.2, 0.25) is 0 Å². The Morgan fingerprint density at radius 2 is 2.19 bits per heavy atom. The van der Waals surface area contributed by atoms with Crippen molar-refractivity contribution in [1.29, 1.82) is 0 Å². The van der Waals surface area contributed by atoms with Crippen LogP contribution < -0.4 is 5.32 Å². The highest BCUT2D eigenvalue weighted by Crippen LogP contribution is 2.11. The first-order valence-electron chi connectivity index (χ1n) is 6.80. The number of carboxylic acids is 1. The predicted molar refractivity (Wildman–Crippen MR) is 81.9 cm³/mol. The molecule has 0 heterocycles. The van der Waals surface area contributed by atoms with E-state index in [4.69, 9.17) is 5.11 Å². The Bertz CT molecular complexity index is 482. The van der Waals surface area contributed by atoms with Crippen molar-refractivity contribution in [2.75, 3.05) is 18.1 Å². The van der Waals surface area contributed by atoms with E-state index in [-0.39, 0.29) is 23.4 Å². The number of hydrogen-bond acceptors (Lipinski definition) is 3. The molecule has 0 saturated carbocycles. The van der Waals surface area contributed by atoms with E-state index in [2.05, 4.69) is 5.32 Å². The topological polar surface area (TPSA) is 66.4 Å². The summed E-state index contributed by atoms with van der Waals surface area (Å²) in [6, 6.07) is 6.38. The summed E-state index contributed by atoms with van der Waals surface area (Å²) in [5.41, 5.74) is 0.881. The SMILES string of the molecule is CC(CCc1cccc(F)c1)C(=O)NCCSCC(=O)O. The number of hydrogen-bond donors (Lipinski definition) is 2. The molecule has 1 aromatic carbocycles. The first-order chi connectivity index (χ1) is 9.99. The standard InChI is InChI=1S/C15H20FNO3S/c1-11(5-6-12-3-2-4-13(16)9-12)15(20)17-7-8-21-10-14(18)19/h2-4,9,11H,5-8,10H2,1H3,(H,17,20)(H,18,19). The second kappa shape index (κ2) is 9.39. The van der Waals surface area contributed by atoms with Gasteiger partial charge in [0.25, 0.3) is 0 Å². The summed E-state index contributed by atoms with van der Waals surface area (Å²) in [4.78, 5) is 22.1. The minimum absolute atomic E-state index is 0.0466. The molecule has 0 aliphatic rings. The van der Waals surface area contributed by atoms with E-state index in [0.717, 1.165) is 5.56 Å². The van der Waals surface area contributed by atoms with Gasteiger partial charge in [0.2, 0.25) is 5.91 Å². The molecular formula is C15H20FNO3S. The fourth-order valence-electron chi connectivity index (χ4n) is 1.79. The maximum Gasteiger partial charge on any atom is 0.313 e. The van der Waals surface area contributed by atoms with Crippen LogP contribution in [0.15, 0.2) is 24.3 Å². The first-order valence-corrected chi connectivity index (χ1v) is 7.96. The molecule has 2 N–H and O–H groups in total. The van der Waals surface area contributed by atoms with E-state index < -0.39 is 5.97 Å². The number of carboxylic acid groups (broad SMARTS) is 1. The lowest BCUT2D eigenvalue weighted by Crippen LogP contribution is -2.31. The Morgan fingerprint density at radius 1 is 1.43 bits per heavy atom. The molecule has 1 aromatic rings. The molecule has 1 atom stereocenters. The fraction of sp³-hybridized carbons (Fsp3) is 0.467. The second-order valence-electron chi connectivity index (χ2n) is 4.81. The van der Waals surface area contributed by atoms with Crippen molar-refractivity contribution in [2.24, 2.45) is 5.92 Å². The molecule has 0 radical (unpaired) electrons. The van der Waals surface area contributed by atoms with Crippen LogP contribution in [-0.4, -0.2) is 35.0 Å². The summed E-state index contributed by atoms with van der Waals surface area (Å²) < 4.78 is 13.0. The number of carbonyl (C=O) groups excluding carboxylic acids is 1. The van der Waals surface area contributed by atoms with E-state index >= 15 is 0 Å². The molecule has 0 spiro atoms. The van der Waals surface area contributed by atoms with Crippen LogP contribution in [0.3, 0.4) is 0 Å². The molecule has 1 unspecified atom stereocenters. The lowest BCUT2D eigenvalue weighted by molar-refractivity contribution is -0.134. The van der Waals surface area contributed by atoms with Crippen molar-refractivity contribution < 1.29 is 19.1 Å². The van der Waals surface area contributed by atoms with Gasteiger partial charge in [0.05, 0.1) is 5.75 Å². The zero-order valence-electron chi connectivity index (χ0n) is 12.0. The maximum absolute atomic E-state index is 13.0. The van der Waals surface area contributed by atoms with E-state index in [1.165, 1.54) is 23.9 Å². The fourth-order valence-corrected chi connectivity index (χ4v) is 2.35. The van der Waals surface area contributed by atoms with Gasteiger partial charge in [-0.2, -0.15) is 0 Å². The van der Waals surface area contributed by atoms with Crippen molar-refractivity contribution in [3.63, 3.8) is 0 Å². The van der Waals surface area contributed by atoms with Gasteiger partial charge in [-0.05, 0) is 30.5 Å². The zero-order valence-corrected chi connectivity index (χ0v) is 12.8. The predicted octanol–water partition coefficient (Wildman–Crippen LogP) is 2.33. The molecule has 4 nitrogen and oxygen atoms in total. The zero-order chi connectivity index (χ0) is 15.7. The van der Waals surface area contributed by atoms with Crippen LogP contribution in [-0.2, 0) is 16.0 Å². The molecule has 1 amide bonds. The highest BCUT2D eigenvalue weighted by molar-refractivity contribution is 7.99. The molecule has 116 valence electrons. The lowest BCUT2D eigenvalue weighted by Gasteiger charge is -2.12. The Balaban J connectivity index is 2.20. The van der Waals surface area contributed by atoms with Crippen LogP contribution in [0, 0.1) is 11.7 Å². The largest absolute Gasteiger partial charge is 0.481 e. The van der Waals surface area contributed by atoms with Crippen molar-refractivity contribution in [3.05, 3.63) is 35.6 Å². The third-order valence-corrected chi connectivity index (χ3v) is 3.92. The van der Waals surface area contributed by atoms with E-state index in [9.17, 15) is 14.0 Å². The summed E-state index contributed by atoms with van der Waals surface area (Å²) in [6.45, 7) is 2.29. The van der Waals surface area contributed by atoms with E-state index in [0.29, 0.717) is 25.1 Å². The number of thioether (sulfide) groups is 1. The number of benzene rings is 1. The Kier molecular flexibility index (Phi) is 7.82. The van der Waals surface area contributed by atoms with Crippen LogP contribution in [0.1, 0.15) is 18.9 Å². The van der Waals surface area contributed by atoms with Crippen molar-refractivity contribution >= 4 is 23.6 Å². The monoisotopic (exact) mass is 313 g/mol. The maximum atomic E-state index is 13.0. The summed E-state index contributed by atoms with van der Waals surface area (Å²) in [7, 11) is 0. The molecule has 0 aromatic heterocycles. The summed E-state index contributed by atoms with van der Waals surface area (Å²) in [5, 5.41) is 11.3. The normalized spacial score (nSPS) is 11.9. The number of nitrogens with one attached hydrogen (secondary N) is 1. The van der Waals surface area contributed by atoms with Crippen molar-refractivity contribution in [2.45, 2.75) is 19.8 Å². The van der Waals surface area contributed by atoms with Gasteiger partial charge < -0.3 is 10.4 Å². The molecular weight excluding hydrogens is 293 g/mol. The Morgan fingerprint density at radius 3 is 2.86 bits per heavy atom. The third kappa shape index (κ3) is 7.70. The molecule has 6 heteroatoms. The van der Waals surface area contributed by atoms with E-state index in [1.807, 2.05) is 13.0 Å². The number of carbonyl (C=O) groups is 2. The summed E-state index contributed by atoms with van der Waals surface area (Å²) in [6.07, 6.45) is 1.30. The Hall–Kier alpha value is -1.56. The molecule has 0 bridgehead atoms. The van der Waals surface area contributed by atoms with Gasteiger partial charge >= 0.3 is 5.97 Å². The molecule has 1 rings (SSSR count). The van der Waals surface area contributed by atoms with Crippen LogP contribution >= 0.6 is 11.8 Å². The molecule has 21 heavy (non-hydrogen) atoms. The van der Waals surface area contributed by atoms with Crippen LogP contribution in [0.4, 0.5) is 4.39 Å². The molecule has 0 aliphatic carbocycles. The van der Waals surface area contributed by atoms with Crippen molar-refractivity contribution in [3.8, 4) is 0 Å². The second-order valence-corrected chi connectivity index (χ2v) is 5.91. The number of amides is 1. The van der Waals surface area contributed by atoms with Gasteiger partial charge in [-0.15, -0.1) is 11.8 Å². The molecule has 0 fully saturated rings. The number of halogens is 1. The number of rotatable bonds is 9. The van der Waals surface area contributed by atoms with Gasteiger partial charge in [-0.3, -0.25) is 9.59 Å². The van der Waals surface area contributed by atoms with Gasteiger partial charge in [-0.25, -0.2) is 4.39 Å². The molecule has 0 saturated heterocycles. The van der Waals surface area contributed by atoms with Gasteiger partial charge in [0.15, 0.2) is 0 Å². The lowest BCUT2D eigenvalue weighted by atomic mass is 10.0. The summed E-state index contributed by atoms with van der Waals surface area (Å²) >= 11 is 1.27. The van der Waals surface area contributed by atoms with Crippen LogP contribution in [0.5, 0.6) is 0 Å². The van der Waals surface area contributed by atoms with Gasteiger partial charge in [0, 0.05) is 18.2 Å². The molecule has 0 aliphatic heterocycles. The summed E-state index contributed by atoms with van der Waals surface area (Å²) in [5.74, 6) is -0.699. The highest BCUT2D eigenvalue weighted by Gasteiger charge is 2.12. The smallest absolute Gasteiger partial charge is 0.313 e. The third-order valence-electron chi connectivity index (χ3n) is 2.97. The minimum atomic E-state index is -0.852. The minimum Gasteiger partial charge on any atom is -0.481 e. The van der Waals surface area contributed by atoms with Crippen molar-refractivity contribution in [1.82, 2.24) is 5.32 Å². The average molecular weight is 313 g/mol.